The van der Waals surface area contributed by atoms with Gasteiger partial charge in [-0.1, -0.05) is 48.6 Å². The molecule has 0 aliphatic heterocycles. The number of aryl methyl sites for hydroxylation is 2. The summed E-state index contributed by atoms with van der Waals surface area (Å²) in [7, 11) is 1.64. The van der Waals surface area contributed by atoms with Crippen molar-refractivity contribution in [3.05, 3.63) is 70.2 Å². The second kappa shape index (κ2) is 8.89. The van der Waals surface area contributed by atoms with Crippen molar-refractivity contribution >= 4 is 28.1 Å². The molecule has 6 heteroatoms. The van der Waals surface area contributed by atoms with Crippen LogP contribution in [0.3, 0.4) is 0 Å². The lowest BCUT2D eigenvalue weighted by molar-refractivity contribution is 0.0943. The fourth-order valence-corrected chi connectivity index (χ4v) is 3.85. The second-order valence-corrected chi connectivity index (χ2v) is 7.54. The van der Waals surface area contributed by atoms with E-state index in [0.29, 0.717) is 4.88 Å². The van der Waals surface area contributed by atoms with Crippen molar-refractivity contribution in [2.75, 3.05) is 12.4 Å². The number of benzene rings is 2. The van der Waals surface area contributed by atoms with Gasteiger partial charge in [0.25, 0.3) is 5.91 Å². The average Bonchev–Trinajstić information content (AvgIpc) is 3.08. The Morgan fingerprint density at radius 3 is 2.57 bits per heavy atom. The van der Waals surface area contributed by atoms with Crippen LogP contribution in [0.1, 0.15) is 46.4 Å². The molecule has 3 rings (SSSR count). The number of methoxy groups -OCH3 is 1. The van der Waals surface area contributed by atoms with Crippen LogP contribution in [-0.2, 0) is 6.42 Å². The number of nitrogens with zero attached hydrogens (tertiary/aromatic N) is 1. The third-order valence-electron chi connectivity index (χ3n) is 4.61. The minimum atomic E-state index is -0.116. The van der Waals surface area contributed by atoms with Crippen molar-refractivity contribution < 1.29 is 9.53 Å². The minimum Gasteiger partial charge on any atom is -0.497 e. The molecule has 0 fully saturated rings. The molecule has 0 saturated carbocycles. The quantitative estimate of drug-likeness (QED) is 0.573. The zero-order valence-electron chi connectivity index (χ0n) is 16.6. The molecule has 3 aromatic rings. The van der Waals surface area contributed by atoms with Gasteiger partial charge in [0.15, 0.2) is 5.13 Å². The Balaban J connectivity index is 1.71. The van der Waals surface area contributed by atoms with E-state index in [9.17, 15) is 4.79 Å². The molecule has 1 atom stereocenters. The van der Waals surface area contributed by atoms with Crippen LogP contribution >= 0.6 is 11.3 Å². The number of aromatic nitrogens is 1. The Morgan fingerprint density at radius 2 is 1.89 bits per heavy atom. The molecule has 28 heavy (non-hydrogen) atoms. The van der Waals surface area contributed by atoms with Gasteiger partial charge in [0.05, 0.1) is 18.8 Å². The highest BCUT2D eigenvalue weighted by atomic mass is 32.1. The molecule has 0 spiro atoms. The maximum atomic E-state index is 12.8. The molecular weight excluding hydrogens is 370 g/mol. The Hall–Kier alpha value is -2.86. The van der Waals surface area contributed by atoms with E-state index in [0.717, 1.165) is 34.2 Å². The highest BCUT2D eigenvalue weighted by Gasteiger charge is 2.18. The van der Waals surface area contributed by atoms with Crippen LogP contribution in [0.5, 0.6) is 5.75 Å². The number of anilines is 2. The van der Waals surface area contributed by atoms with Crippen LogP contribution in [0.2, 0.25) is 0 Å². The van der Waals surface area contributed by atoms with Crippen LogP contribution in [-0.4, -0.2) is 18.0 Å². The lowest BCUT2D eigenvalue weighted by Crippen LogP contribution is -2.26. The van der Waals surface area contributed by atoms with Crippen molar-refractivity contribution in [1.29, 1.82) is 0 Å². The number of ether oxygens (including phenoxy) is 1. The summed E-state index contributed by atoms with van der Waals surface area (Å²) in [6, 6.07) is 15.7. The Kier molecular flexibility index (Phi) is 6.31. The molecule has 1 aromatic heterocycles. The normalized spacial score (nSPS) is 11.7. The van der Waals surface area contributed by atoms with Crippen LogP contribution in [0.25, 0.3) is 0 Å². The third kappa shape index (κ3) is 4.51. The SMILES string of the molecule is CCc1ccccc1Nc1nc(C)c(C(=O)N[C@@H](C)c2ccc(OC)cc2)s1. The largest absolute Gasteiger partial charge is 0.497 e. The highest BCUT2D eigenvalue weighted by molar-refractivity contribution is 7.17. The summed E-state index contributed by atoms with van der Waals surface area (Å²) in [5.74, 6) is 0.679. The molecule has 0 bridgehead atoms. The zero-order chi connectivity index (χ0) is 20.1. The number of carbonyl (C=O) groups excluding carboxylic acids is 1. The highest BCUT2D eigenvalue weighted by Crippen LogP contribution is 2.28. The molecule has 0 saturated heterocycles. The average molecular weight is 396 g/mol. The van der Waals surface area contributed by atoms with Crippen molar-refractivity contribution in [1.82, 2.24) is 10.3 Å². The monoisotopic (exact) mass is 395 g/mol. The first-order valence-electron chi connectivity index (χ1n) is 9.29. The van der Waals surface area contributed by atoms with Gasteiger partial charge >= 0.3 is 0 Å². The van der Waals surface area contributed by atoms with Gasteiger partial charge in [-0.3, -0.25) is 4.79 Å². The first-order chi connectivity index (χ1) is 13.5. The van der Waals surface area contributed by atoms with E-state index in [1.54, 1.807) is 7.11 Å². The van der Waals surface area contributed by atoms with E-state index in [-0.39, 0.29) is 11.9 Å². The third-order valence-corrected chi connectivity index (χ3v) is 5.68. The smallest absolute Gasteiger partial charge is 0.263 e. The van der Waals surface area contributed by atoms with Gasteiger partial charge in [0.2, 0.25) is 0 Å². The predicted octanol–water partition coefficient (Wildman–Crippen LogP) is 5.26. The molecule has 2 aromatic carbocycles. The second-order valence-electron chi connectivity index (χ2n) is 6.54. The first kappa shape index (κ1) is 19.9. The molecule has 146 valence electrons. The fourth-order valence-electron chi connectivity index (χ4n) is 2.96. The van der Waals surface area contributed by atoms with Gasteiger partial charge in [-0.2, -0.15) is 0 Å². The maximum absolute atomic E-state index is 12.8. The summed E-state index contributed by atoms with van der Waals surface area (Å²) in [6.45, 7) is 5.94. The number of amides is 1. The number of para-hydroxylation sites is 1. The van der Waals surface area contributed by atoms with Crippen molar-refractivity contribution in [3.8, 4) is 5.75 Å². The number of rotatable bonds is 7. The lowest BCUT2D eigenvalue weighted by Gasteiger charge is -2.14. The summed E-state index contributed by atoms with van der Waals surface area (Å²) >= 11 is 1.37. The molecule has 0 aliphatic carbocycles. The van der Waals surface area contributed by atoms with Gasteiger partial charge < -0.3 is 15.4 Å². The first-order valence-corrected chi connectivity index (χ1v) is 10.1. The van der Waals surface area contributed by atoms with Crippen molar-refractivity contribution in [2.24, 2.45) is 0 Å². The van der Waals surface area contributed by atoms with Crippen LogP contribution in [0.4, 0.5) is 10.8 Å². The van der Waals surface area contributed by atoms with E-state index >= 15 is 0 Å². The Bertz CT molecular complexity index is 951. The Labute approximate surface area is 169 Å². The zero-order valence-corrected chi connectivity index (χ0v) is 17.4. The fraction of sp³-hybridized carbons (Fsp3) is 0.273. The van der Waals surface area contributed by atoms with Gasteiger partial charge in [-0.15, -0.1) is 0 Å². The summed E-state index contributed by atoms with van der Waals surface area (Å²) in [5, 5.41) is 7.13. The molecule has 0 aliphatic rings. The van der Waals surface area contributed by atoms with Gasteiger partial charge in [-0.05, 0) is 49.6 Å². The number of hydrogen-bond donors (Lipinski definition) is 2. The number of hydrogen-bond acceptors (Lipinski definition) is 5. The summed E-state index contributed by atoms with van der Waals surface area (Å²) in [4.78, 5) is 17.9. The predicted molar refractivity (Wildman–Crippen MR) is 115 cm³/mol. The molecular formula is C22H25N3O2S. The molecule has 5 nitrogen and oxygen atoms in total. The van der Waals surface area contributed by atoms with E-state index in [1.165, 1.54) is 16.9 Å². The van der Waals surface area contributed by atoms with Crippen molar-refractivity contribution in [2.45, 2.75) is 33.2 Å². The number of carbonyl (C=O) groups is 1. The van der Waals surface area contributed by atoms with Crippen LogP contribution < -0.4 is 15.4 Å². The van der Waals surface area contributed by atoms with E-state index in [4.69, 9.17) is 4.74 Å². The number of thiazole rings is 1. The Morgan fingerprint density at radius 1 is 1.18 bits per heavy atom. The van der Waals surface area contributed by atoms with Crippen LogP contribution in [0.15, 0.2) is 48.5 Å². The molecule has 1 amide bonds. The van der Waals surface area contributed by atoms with Gasteiger partial charge in [0, 0.05) is 5.69 Å². The summed E-state index contributed by atoms with van der Waals surface area (Å²) in [5.41, 5.74) is 3.99. The lowest BCUT2D eigenvalue weighted by atomic mass is 10.1. The molecule has 2 N–H and O–H groups in total. The standard InChI is InChI=1S/C22H25N3O2S/c1-5-16-8-6-7-9-19(16)25-22-24-15(3)20(28-22)21(26)23-14(2)17-10-12-18(27-4)13-11-17/h6-14H,5H2,1-4H3,(H,23,26)(H,24,25)/t14-/m0/s1. The number of nitrogens with one attached hydrogen (secondary N) is 2. The molecule has 0 unspecified atom stereocenters. The molecule has 1 heterocycles. The molecule has 0 radical (unpaired) electrons. The van der Waals surface area contributed by atoms with E-state index < -0.39 is 0 Å². The van der Waals surface area contributed by atoms with E-state index in [2.05, 4.69) is 28.6 Å². The summed E-state index contributed by atoms with van der Waals surface area (Å²) < 4.78 is 5.18. The topological polar surface area (TPSA) is 63.2 Å². The van der Waals surface area contributed by atoms with Crippen molar-refractivity contribution in [3.63, 3.8) is 0 Å². The van der Waals surface area contributed by atoms with E-state index in [1.807, 2.05) is 56.3 Å². The van der Waals surface area contributed by atoms with Gasteiger partial charge in [0.1, 0.15) is 10.6 Å². The van der Waals surface area contributed by atoms with Gasteiger partial charge in [-0.25, -0.2) is 4.98 Å². The minimum absolute atomic E-state index is 0.114. The van der Waals surface area contributed by atoms with Crippen LogP contribution in [0, 0.1) is 6.92 Å². The summed E-state index contributed by atoms with van der Waals surface area (Å²) in [6.07, 6.45) is 0.931. The maximum Gasteiger partial charge on any atom is 0.263 e.